The molecule has 0 bridgehead atoms. The van der Waals surface area contributed by atoms with E-state index in [-0.39, 0.29) is 22.7 Å². The molecular formula is C27H21F3N2O3S. The zero-order valence-electron chi connectivity index (χ0n) is 18.8. The summed E-state index contributed by atoms with van der Waals surface area (Å²) in [4.78, 5) is 12.7. The quantitative estimate of drug-likeness (QED) is 0.315. The van der Waals surface area contributed by atoms with Gasteiger partial charge in [0.1, 0.15) is 0 Å². The first-order valence-electron chi connectivity index (χ1n) is 10.8. The lowest BCUT2D eigenvalue weighted by Crippen LogP contribution is -2.30. The van der Waals surface area contributed by atoms with Crippen molar-refractivity contribution in [3.05, 3.63) is 126 Å². The first-order chi connectivity index (χ1) is 17.1. The van der Waals surface area contributed by atoms with Gasteiger partial charge in [-0.1, -0.05) is 48.5 Å². The molecule has 0 atom stereocenters. The number of amides is 1. The molecule has 0 unspecified atom stereocenters. The number of alkyl halides is 3. The Morgan fingerprint density at radius 3 is 1.86 bits per heavy atom. The summed E-state index contributed by atoms with van der Waals surface area (Å²) >= 11 is 0. The molecule has 0 spiro atoms. The van der Waals surface area contributed by atoms with Crippen molar-refractivity contribution in [2.75, 3.05) is 9.62 Å². The molecular weight excluding hydrogens is 489 g/mol. The highest BCUT2D eigenvalue weighted by Gasteiger charge is 2.30. The molecule has 0 saturated carbocycles. The van der Waals surface area contributed by atoms with E-state index < -0.39 is 27.7 Å². The third-order valence-electron chi connectivity index (χ3n) is 5.39. The zero-order chi connectivity index (χ0) is 25.8. The van der Waals surface area contributed by atoms with Gasteiger partial charge in [0.25, 0.3) is 15.9 Å². The topological polar surface area (TPSA) is 66.5 Å². The van der Waals surface area contributed by atoms with Crippen molar-refractivity contribution >= 4 is 27.3 Å². The van der Waals surface area contributed by atoms with Gasteiger partial charge in [-0.25, -0.2) is 8.42 Å². The van der Waals surface area contributed by atoms with Gasteiger partial charge >= 0.3 is 6.18 Å². The van der Waals surface area contributed by atoms with Crippen LogP contribution in [0.1, 0.15) is 21.5 Å². The van der Waals surface area contributed by atoms with Crippen molar-refractivity contribution in [2.45, 2.75) is 17.6 Å². The third-order valence-corrected chi connectivity index (χ3v) is 7.18. The van der Waals surface area contributed by atoms with E-state index >= 15 is 0 Å². The Balaban J connectivity index is 1.53. The minimum absolute atomic E-state index is 0.0298. The molecule has 0 saturated heterocycles. The van der Waals surface area contributed by atoms with Crippen LogP contribution in [-0.2, 0) is 22.7 Å². The van der Waals surface area contributed by atoms with E-state index in [0.29, 0.717) is 11.3 Å². The molecule has 0 radical (unpaired) electrons. The molecule has 9 heteroatoms. The second-order valence-electron chi connectivity index (χ2n) is 7.89. The predicted molar refractivity (Wildman–Crippen MR) is 132 cm³/mol. The summed E-state index contributed by atoms with van der Waals surface area (Å²) in [5.74, 6) is -0.502. The molecule has 0 fully saturated rings. The van der Waals surface area contributed by atoms with E-state index in [0.717, 1.165) is 12.1 Å². The average molecular weight is 511 g/mol. The lowest BCUT2D eigenvalue weighted by atomic mass is 10.1. The first-order valence-corrected chi connectivity index (χ1v) is 12.3. The lowest BCUT2D eigenvalue weighted by Gasteiger charge is -2.25. The number of carbonyl (C=O) groups is 1. The monoisotopic (exact) mass is 510 g/mol. The molecule has 36 heavy (non-hydrogen) atoms. The second-order valence-corrected chi connectivity index (χ2v) is 9.75. The minimum atomic E-state index is -4.46. The van der Waals surface area contributed by atoms with Crippen molar-refractivity contribution in [1.29, 1.82) is 0 Å². The predicted octanol–water partition coefficient (Wildman–Crippen LogP) is 6.35. The van der Waals surface area contributed by atoms with Crippen molar-refractivity contribution < 1.29 is 26.4 Å². The normalized spacial score (nSPS) is 11.6. The number of para-hydroxylation sites is 1. The van der Waals surface area contributed by atoms with E-state index in [1.165, 1.54) is 40.7 Å². The Hall–Kier alpha value is -4.11. The molecule has 1 amide bonds. The fourth-order valence-corrected chi connectivity index (χ4v) is 4.98. The fourth-order valence-electron chi connectivity index (χ4n) is 3.50. The Labute approximate surface area is 206 Å². The van der Waals surface area contributed by atoms with Gasteiger partial charge in [-0.3, -0.25) is 9.10 Å². The number of anilines is 2. The van der Waals surface area contributed by atoms with Gasteiger partial charge in [0.2, 0.25) is 0 Å². The fraction of sp³-hybridized carbons (Fsp3) is 0.0741. The Bertz CT molecular complexity index is 1420. The van der Waals surface area contributed by atoms with Crippen LogP contribution in [0.2, 0.25) is 0 Å². The van der Waals surface area contributed by atoms with Gasteiger partial charge in [-0.05, 0) is 66.2 Å². The molecule has 0 aliphatic heterocycles. The highest BCUT2D eigenvalue weighted by atomic mass is 32.2. The smallest absolute Gasteiger partial charge is 0.322 e. The maximum Gasteiger partial charge on any atom is 0.416 e. The minimum Gasteiger partial charge on any atom is -0.322 e. The Morgan fingerprint density at radius 2 is 1.31 bits per heavy atom. The highest BCUT2D eigenvalue weighted by Crippen LogP contribution is 2.30. The standard InChI is InChI=1S/C27H21F3N2O3S/c28-27(29,30)22-15-17-23(18-16-22)31-26(33)21-13-11-20(12-14-21)19-32(24-7-3-1-4-8-24)36(34,35)25-9-5-2-6-10-25/h1-18H,19H2,(H,31,33). The van der Waals surface area contributed by atoms with Crippen LogP contribution in [0.3, 0.4) is 0 Å². The lowest BCUT2D eigenvalue weighted by molar-refractivity contribution is -0.137. The van der Waals surface area contributed by atoms with Gasteiger partial charge in [0.15, 0.2) is 0 Å². The molecule has 4 aromatic rings. The maximum atomic E-state index is 13.4. The molecule has 4 aromatic carbocycles. The SMILES string of the molecule is O=C(Nc1ccc(C(F)(F)F)cc1)c1ccc(CN(c2ccccc2)S(=O)(=O)c2ccccc2)cc1. The number of hydrogen-bond acceptors (Lipinski definition) is 3. The molecule has 1 N–H and O–H groups in total. The number of benzene rings is 4. The molecule has 0 aromatic heterocycles. The summed E-state index contributed by atoms with van der Waals surface area (Å²) in [5, 5.41) is 2.56. The molecule has 5 nitrogen and oxygen atoms in total. The molecule has 4 rings (SSSR count). The van der Waals surface area contributed by atoms with Gasteiger partial charge < -0.3 is 5.32 Å². The van der Waals surface area contributed by atoms with E-state index in [1.807, 2.05) is 0 Å². The van der Waals surface area contributed by atoms with Crippen LogP contribution in [-0.4, -0.2) is 14.3 Å². The van der Waals surface area contributed by atoms with Crippen LogP contribution in [0.15, 0.2) is 114 Å². The summed E-state index contributed by atoms with van der Waals surface area (Å²) in [6.45, 7) is 0.0298. The van der Waals surface area contributed by atoms with Gasteiger partial charge in [-0.15, -0.1) is 0 Å². The van der Waals surface area contributed by atoms with E-state index in [1.54, 1.807) is 60.7 Å². The number of nitrogens with one attached hydrogen (secondary N) is 1. The number of nitrogens with zero attached hydrogens (tertiary/aromatic N) is 1. The average Bonchev–Trinajstić information content (AvgIpc) is 2.88. The number of hydrogen-bond donors (Lipinski definition) is 1. The number of halogens is 3. The van der Waals surface area contributed by atoms with Crippen LogP contribution in [0, 0.1) is 0 Å². The van der Waals surface area contributed by atoms with Crippen molar-refractivity contribution in [2.24, 2.45) is 0 Å². The maximum absolute atomic E-state index is 13.4. The first kappa shape index (κ1) is 25.0. The second kappa shape index (κ2) is 10.2. The molecule has 0 aliphatic carbocycles. The summed E-state index contributed by atoms with van der Waals surface area (Å²) in [7, 11) is -3.86. The van der Waals surface area contributed by atoms with E-state index in [9.17, 15) is 26.4 Å². The Kier molecular flexibility index (Phi) is 7.12. The van der Waals surface area contributed by atoms with Gasteiger partial charge in [0.05, 0.1) is 22.7 Å². The summed E-state index contributed by atoms with van der Waals surface area (Å²) < 4.78 is 66.3. The van der Waals surface area contributed by atoms with Crippen LogP contribution in [0.25, 0.3) is 0 Å². The van der Waals surface area contributed by atoms with Gasteiger partial charge in [0, 0.05) is 11.3 Å². The Morgan fingerprint density at radius 1 is 0.750 bits per heavy atom. The van der Waals surface area contributed by atoms with Crippen molar-refractivity contribution in [3.8, 4) is 0 Å². The number of carbonyl (C=O) groups excluding carboxylic acids is 1. The van der Waals surface area contributed by atoms with Crippen LogP contribution in [0.4, 0.5) is 24.5 Å². The number of sulfonamides is 1. The molecule has 184 valence electrons. The molecule has 0 aliphatic rings. The van der Waals surface area contributed by atoms with Crippen LogP contribution < -0.4 is 9.62 Å². The molecule has 0 heterocycles. The summed E-state index contributed by atoms with van der Waals surface area (Å²) in [5.41, 5.74) is 0.824. The third kappa shape index (κ3) is 5.75. The highest BCUT2D eigenvalue weighted by molar-refractivity contribution is 7.92. The van der Waals surface area contributed by atoms with E-state index in [2.05, 4.69) is 5.32 Å². The van der Waals surface area contributed by atoms with Crippen LogP contribution in [0.5, 0.6) is 0 Å². The van der Waals surface area contributed by atoms with Crippen molar-refractivity contribution in [3.63, 3.8) is 0 Å². The number of rotatable bonds is 7. The van der Waals surface area contributed by atoms with Crippen LogP contribution >= 0.6 is 0 Å². The van der Waals surface area contributed by atoms with Crippen molar-refractivity contribution in [1.82, 2.24) is 0 Å². The zero-order valence-corrected chi connectivity index (χ0v) is 19.6. The van der Waals surface area contributed by atoms with Gasteiger partial charge in [-0.2, -0.15) is 13.2 Å². The summed E-state index contributed by atoms with van der Waals surface area (Å²) in [6, 6.07) is 27.3. The van der Waals surface area contributed by atoms with E-state index in [4.69, 9.17) is 0 Å². The largest absolute Gasteiger partial charge is 0.416 e. The summed E-state index contributed by atoms with van der Waals surface area (Å²) in [6.07, 6.45) is -4.46.